The Balaban J connectivity index is 0.00000423. The maximum atomic E-state index is 11.4. The molecule has 43 heavy (non-hydrogen) atoms. The molecule has 5 heterocycles. The molecule has 0 atom stereocenters. The Morgan fingerprint density at radius 1 is 0.721 bits per heavy atom. The number of fused-ring (bicyclic) bond motifs is 8. The summed E-state index contributed by atoms with van der Waals surface area (Å²) in [6, 6.07) is 7.78. The fourth-order valence-corrected chi connectivity index (χ4v) is 5.76. The van der Waals surface area contributed by atoms with Crippen LogP contribution in [0.15, 0.2) is 43.5 Å². The number of hydrogen-bond acceptors (Lipinski definition) is 6. The first-order chi connectivity index (χ1) is 20.0. The van der Waals surface area contributed by atoms with Gasteiger partial charge in [0, 0.05) is 45.1 Å². The first-order valence-corrected chi connectivity index (χ1v) is 13.8. The van der Waals surface area contributed by atoms with E-state index in [4.69, 9.17) is 9.97 Å². The summed E-state index contributed by atoms with van der Waals surface area (Å²) in [6.45, 7) is 15.9. The van der Waals surface area contributed by atoms with E-state index in [0.29, 0.717) is 16.9 Å². The molecule has 0 saturated carbocycles. The zero-order chi connectivity index (χ0) is 30.3. The number of carboxylic acid groups (broad SMARTS) is 2. The van der Waals surface area contributed by atoms with Gasteiger partial charge in [0.05, 0.1) is 22.8 Å². The second kappa shape index (κ2) is 12.4. The molecule has 1 radical (unpaired) electrons. The SMILES string of the molecule is C=CC1=C(C)c2cc3[nH]c(cc4nc(cc5[nH]c(cc1n2)c(C)c5CCC(=O)[O-])C(CCC(=O)[O-])=C4C)c(C)c3C=C.[Cu+2]. The van der Waals surface area contributed by atoms with Crippen LogP contribution in [0.5, 0.6) is 0 Å². The maximum absolute atomic E-state index is 11.4. The molecule has 223 valence electrons. The Hall–Kier alpha value is -4.46. The number of carboxylic acids is 2. The number of aromatic nitrogens is 4. The van der Waals surface area contributed by atoms with Gasteiger partial charge in [-0.1, -0.05) is 25.3 Å². The Kier molecular flexibility index (Phi) is 9.09. The van der Waals surface area contributed by atoms with Crippen LogP contribution in [0.2, 0.25) is 0 Å². The van der Waals surface area contributed by atoms with E-state index < -0.39 is 11.9 Å². The molecule has 0 amide bonds. The summed E-state index contributed by atoms with van der Waals surface area (Å²) in [5.74, 6) is -2.28. The summed E-state index contributed by atoms with van der Waals surface area (Å²) in [5.41, 5.74) is 13.3. The standard InChI is InChI=1S/C34H34N4O4.Cu/c1-7-21-17(3)25-13-26-19(5)23(9-11-33(39)40)31(37-26)16-32-24(10-12-34(41)42)20(6)28(38-32)15-30-22(8-2)18(4)27(36-30)14-29(21)35-25;/h7-8,13-16,35,38H,1-2,9-12H2,3-6H3,(H,39,40)(H,41,42);/q;+2/p-2. The number of hydrogen-bond donors (Lipinski definition) is 2. The predicted molar refractivity (Wildman–Crippen MR) is 163 cm³/mol. The first kappa shape index (κ1) is 31.5. The number of allylic oxidation sites excluding steroid dienone is 5. The Morgan fingerprint density at radius 3 is 1.91 bits per heavy atom. The van der Waals surface area contributed by atoms with Crippen molar-refractivity contribution < 1.29 is 36.9 Å². The Morgan fingerprint density at radius 2 is 1.26 bits per heavy atom. The van der Waals surface area contributed by atoms with E-state index in [1.165, 1.54) is 0 Å². The molecule has 3 aromatic rings. The third-order valence-corrected chi connectivity index (χ3v) is 8.20. The molecule has 2 N–H and O–H groups in total. The average molecular weight is 624 g/mol. The fraction of sp³-hybridized carbons (Fsp3) is 0.235. The second-order valence-electron chi connectivity index (χ2n) is 10.7. The fourth-order valence-electron chi connectivity index (χ4n) is 5.76. The molecular formula is C34H32CuN4O4. The van der Waals surface area contributed by atoms with Crippen molar-refractivity contribution in [2.75, 3.05) is 0 Å². The van der Waals surface area contributed by atoms with Crippen molar-refractivity contribution in [1.29, 1.82) is 0 Å². The number of nitrogens with zero attached hydrogens (tertiary/aromatic N) is 2. The van der Waals surface area contributed by atoms with E-state index in [1.54, 1.807) is 6.08 Å². The van der Waals surface area contributed by atoms with Crippen molar-refractivity contribution in [2.24, 2.45) is 0 Å². The number of H-pyrrole nitrogens is 2. The second-order valence-corrected chi connectivity index (χ2v) is 10.7. The number of aryl methyl sites for hydroxylation is 3. The summed E-state index contributed by atoms with van der Waals surface area (Å²) >= 11 is 0. The molecule has 8 nitrogen and oxygen atoms in total. The first-order valence-electron chi connectivity index (χ1n) is 13.8. The van der Waals surface area contributed by atoms with Gasteiger partial charge in [-0.25, -0.2) is 9.97 Å². The minimum Gasteiger partial charge on any atom is -0.550 e. The molecule has 0 spiro atoms. The smallest absolute Gasteiger partial charge is 0.550 e. The van der Waals surface area contributed by atoms with Crippen LogP contribution in [-0.2, 0) is 33.1 Å². The molecule has 3 aromatic heterocycles. The van der Waals surface area contributed by atoms with Crippen LogP contribution in [-0.4, -0.2) is 31.9 Å². The van der Waals surface area contributed by atoms with Gasteiger partial charge in [-0.15, -0.1) is 0 Å². The van der Waals surface area contributed by atoms with Gasteiger partial charge in [-0.05, 0) is 111 Å². The third-order valence-electron chi connectivity index (χ3n) is 8.20. The van der Waals surface area contributed by atoms with Gasteiger partial charge in [0.15, 0.2) is 0 Å². The largest absolute Gasteiger partial charge is 2.00 e. The van der Waals surface area contributed by atoms with Gasteiger partial charge in [0.2, 0.25) is 0 Å². The van der Waals surface area contributed by atoms with Crippen molar-refractivity contribution in [3.63, 3.8) is 0 Å². The van der Waals surface area contributed by atoms with E-state index in [1.807, 2.05) is 58.0 Å². The van der Waals surface area contributed by atoms with Crippen molar-refractivity contribution in [1.82, 2.24) is 19.9 Å². The number of aliphatic carboxylic acids is 2. The quantitative estimate of drug-likeness (QED) is 0.345. The molecule has 5 rings (SSSR count). The number of nitrogens with one attached hydrogen (secondary N) is 2. The molecule has 9 heteroatoms. The molecule has 2 aliphatic heterocycles. The Bertz CT molecular complexity index is 1920. The summed E-state index contributed by atoms with van der Waals surface area (Å²) in [7, 11) is 0. The number of carbonyl (C=O) groups excluding carboxylic acids is 2. The molecule has 0 saturated heterocycles. The van der Waals surface area contributed by atoms with Crippen LogP contribution >= 0.6 is 0 Å². The van der Waals surface area contributed by atoms with Gasteiger partial charge in [-0.3, -0.25) is 0 Å². The number of aromatic amines is 2. The Labute approximate surface area is 260 Å². The van der Waals surface area contributed by atoms with E-state index in [0.717, 1.165) is 72.5 Å². The molecule has 0 aromatic carbocycles. The third kappa shape index (κ3) is 5.91. The van der Waals surface area contributed by atoms with Gasteiger partial charge in [-0.2, -0.15) is 0 Å². The van der Waals surface area contributed by atoms with E-state index >= 15 is 0 Å². The molecular weight excluding hydrogens is 592 g/mol. The summed E-state index contributed by atoms with van der Waals surface area (Å²) in [5, 5.41) is 22.8. The van der Waals surface area contributed by atoms with Crippen LogP contribution in [0.25, 0.3) is 50.4 Å². The number of carbonyl (C=O) groups is 2. The minimum atomic E-state index is -1.14. The maximum Gasteiger partial charge on any atom is 2.00 e. The molecule has 8 bridgehead atoms. The predicted octanol–water partition coefficient (Wildman–Crippen LogP) is 4.83. The minimum absolute atomic E-state index is 0. The van der Waals surface area contributed by atoms with Crippen molar-refractivity contribution in [3.05, 3.63) is 88.5 Å². The van der Waals surface area contributed by atoms with Gasteiger partial charge in [0.1, 0.15) is 0 Å². The van der Waals surface area contributed by atoms with E-state index in [2.05, 4.69) is 23.1 Å². The van der Waals surface area contributed by atoms with Crippen LogP contribution in [0, 0.1) is 13.8 Å². The number of rotatable bonds is 8. The van der Waals surface area contributed by atoms with Gasteiger partial charge >= 0.3 is 17.1 Å². The summed E-state index contributed by atoms with van der Waals surface area (Å²) in [6.07, 6.45) is 3.81. The molecule has 2 aliphatic rings. The van der Waals surface area contributed by atoms with Crippen LogP contribution < -0.4 is 10.2 Å². The topological polar surface area (TPSA) is 138 Å². The summed E-state index contributed by atoms with van der Waals surface area (Å²) < 4.78 is 0. The zero-order valence-corrected chi connectivity index (χ0v) is 25.5. The molecule has 0 fully saturated rings. The molecule has 0 aliphatic carbocycles. The normalized spacial score (nSPS) is 12.7. The van der Waals surface area contributed by atoms with Crippen LogP contribution in [0.3, 0.4) is 0 Å². The van der Waals surface area contributed by atoms with E-state index in [-0.39, 0.29) is 42.8 Å². The summed E-state index contributed by atoms with van der Waals surface area (Å²) in [4.78, 5) is 39.7. The van der Waals surface area contributed by atoms with Crippen molar-refractivity contribution in [2.45, 2.75) is 53.4 Å². The van der Waals surface area contributed by atoms with Crippen molar-refractivity contribution in [3.8, 4) is 0 Å². The van der Waals surface area contributed by atoms with Crippen LogP contribution in [0.4, 0.5) is 0 Å². The monoisotopic (exact) mass is 623 g/mol. The molecule has 0 unspecified atom stereocenters. The van der Waals surface area contributed by atoms with Crippen molar-refractivity contribution >= 4 is 62.4 Å². The average Bonchev–Trinajstić information content (AvgIpc) is 3.59. The zero-order valence-electron chi connectivity index (χ0n) is 24.5. The van der Waals surface area contributed by atoms with E-state index in [9.17, 15) is 19.8 Å². The van der Waals surface area contributed by atoms with Gasteiger partial charge < -0.3 is 29.8 Å². The van der Waals surface area contributed by atoms with Gasteiger partial charge in [0.25, 0.3) is 0 Å². The van der Waals surface area contributed by atoms with Crippen LogP contribution in [0.1, 0.15) is 78.1 Å².